The molecule has 0 fully saturated rings. The van der Waals surface area contributed by atoms with Gasteiger partial charge in [-0.15, -0.1) is 0 Å². The van der Waals surface area contributed by atoms with Gasteiger partial charge in [0.2, 0.25) is 11.8 Å². The Morgan fingerprint density at radius 3 is 2.56 bits per heavy atom. The number of hydrogen-bond donors (Lipinski definition) is 2. The monoisotopic (exact) mass is 579 g/mol. The van der Waals surface area contributed by atoms with Gasteiger partial charge in [-0.3, -0.25) is 4.79 Å². The van der Waals surface area contributed by atoms with Crippen LogP contribution in [0.15, 0.2) is 79.4 Å². The van der Waals surface area contributed by atoms with Gasteiger partial charge in [-0.25, -0.2) is 18.7 Å². The van der Waals surface area contributed by atoms with Crippen molar-refractivity contribution in [3.8, 4) is 23.2 Å². The molecule has 0 radical (unpaired) electrons. The third-order valence-corrected chi connectivity index (χ3v) is 6.85. The average Bonchev–Trinajstić information content (AvgIpc) is 3.33. The number of benzene rings is 3. The topological polar surface area (TPSA) is 113 Å². The van der Waals surface area contributed by atoms with Gasteiger partial charge in [0, 0.05) is 49.2 Å². The molecule has 0 bridgehead atoms. The Labute approximate surface area is 246 Å². The molecule has 5 rings (SSSR count). The summed E-state index contributed by atoms with van der Waals surface area (Å²) < 4.78 is 37.2. The number of nitriles is 1. The molecule has 5 aromatic rings. The first kappa shape index (κ1) is 29.0. The van der Waals surface area contributed by atoms with Crippen molar-refractivity contribution in [2.75, 3.05) is 6.54 Å². The van der Waals surface area contributed by atoms with Gasteiger partial charge < -0.3 is 19.7 Å². The normalized spacial score (nSPS) is 10.8. The Kier molecular flexibility index (Phi) is 8.44. The number of fused-ring (bicyclic) bond motifs is 1. The molecule has 0 atom stereocenters. The minimum Gasteiger partial charge on any atom is -0.508 e. The number of amides is 1. The Bertz CT molecular complexity index is 1890. The molecule has 2 heterocycles. The van der Waals surface area contributed by atoms with Gasteiger partial charge in [-0.05, 0) is 48.0 Å². The van der Waals surface area contributed by atoms with E-state index in [0.717, 1.165) is 11.6 Å². The Hall–Kier alpha value is -5.56. The Morgan fingerprint density at radius 1 is 1.05 bits per heavy atom. The lowest BCUT2D eigenvalue weighted by atomic mass is 10.1. The van der Waals surface area contributed by atoms with Crippen LogP contribution in [-0.2, 0) is 24.4 Å². The fraction of sp³-hybridized carbons (Fsp3) is 0.152. The highest BCUT2D eigenvalue weighted by molar-refractivity contribution is 5.80. The Morgan fingerprint density at radius 2 is 1.84 bits per heavy atom. The lowest BCUT2D eigenvalue weighted by molar-refractivity contribution is -0.118. The third kappa shape index (κ3) is 6.68. The maximum Gasteiger partial charge on any atom is 0.216 e. The van der Waals surface area contributed by atoms with Crippen LogP contribution >= 0.6 is 0 Å². The van der Waals surface area contributed by atoms with Gasteiger partial charge in [0.05, 0.1) is 28.4 Å². The highest BCUT2D eigenvalue weighted by Crippen LogP contribution is 2.26. The molecule has 2 N–H and O–H groups in total. The number of nitrogens with zero attached hydrogens (tertiary/aromatic N) is 4. The molecule has 0 aliphatic heterocycles. The maximum absolute atomic E-state index is 15.5. The van der Waals surface area contributed by atoms with Gasteiger partial charge in [0.25, 0.3) is 0 Å². The smallest absolute Gasteiger partial charge is 0.216 e. The second-order valence-corrected chi connectivity index (χ2v) is 9.86. The molecular weight excluding hydrogens is 552 g/mol. The summed E-state index contributed by atoms with van der Waals surface area (Å²) in [5, 5.41) is 21.6. The number of halogens is 2. The third-order valence-electron chi connectivity index (χ3n) is 6.85. The quantitative estimate of drug-likeness (QED) is 0.194. The molecule has 0 aliphatic rings. The maximum atomic E-state index is 15.5. The minimum absolute atomic E-state index is 0.0795. The van der Waals surface area contributed by atoms with E-state index in [1.165, 1.54) is 25.1 Å². The number of carbonyl (C=O) groups is 1. The molecule has 0 aliphatic carbocycles. The van der Waals surface area contributed by atoms with Crippen LogP contribution in [0.4, 0.5) is 8.78 Å². The van der Waals surface area contributed by atoms with Crippen molar-refractivity contribution >= 4 is 22.7 Å². The fourth-order valence-electron chi connectivity index (χ4n) is 4.64. The van der Waals surface area contributed by atoms with Gasteiger partial charge in [0.15, 0.2) is 0 Å². The zero-order valence-electron chi connectivity index (χ0n) is 23.3. The van der Waals surface area contributed by atoms with Gasteiger partial charge in [-0.2, -0.15) is 5.26 Å². The Balaban J connectivity index is 1.37. The van der Waals surface area contributed by atoms with E-state index in [9.17, 15) is 14.3 Å². The van der Waals surface area contributed by atoms with Crippen molar-refractivity contribution in [1.29, 1.82) is 5.26 Å². The minimum atomic E-state index is -0.546. The number of aliphatic hydroxyl groups excluding tert-OH is 1. The first-order valence-electron chi connectivity index (χ1n) is 13.4. The molecule has 1 amide bonds. The van der Waals surface area contributed by atoms with E-state index in [1.807, 2.05) is 10.6 Å². The van der Waals surface area contributed by atoms with E-state index in [2.05, 4.69) is 16.9 Å². The molecule has 8 nitrogen and oxygen atoms in total. The van der Waals surface area contributed by atoms with Crippen LogP contribution in [0, 0.1) is 23.0 Å². The second-order valence-electron chi connectivity index (χ2n) is 9.86. The van der Waals surface area contributed by atoms with E-state index in [-0.39, 0.29) is 41.7 Å². The highest BCUT2D eigenvalue weighted by Gasteiger charge is 2.16. The summed E-state index contributed by atoms with van der Waals surface area (Å²) in [5.41, 5.74) is 3.85. The van der Waals surface area contributed by atoms with E-state index >= 15 is 4.39 Å². The van der Waals surface area contributed by atoms with Crippen LogP contribution in [0.5, 0.6) is 5.88 Å². The van der Waals surface area contributed by atoms with Crippen molar-refractivity contribution < 1.29 is 23.4 Å². The van der Waals surface area contributed by atoms with Gasteiger partial charge in [-0.1, -0.05) is 30.8 Å². The first-order valence-corrected chi connectivity index (χ1v) is 13.4. The molecular formula is C33H27F2N5O3. The molecule has 43 heavy (non-hydrogen) atoms. The number of pyridine rings is 1. The van der Waals surface area contributed by atoms with Crippen LogP contribution in [0.25, 0.3) is 28.0 Å². The number of carbonyl (C=O) groups excluding carboxylic acids is 1. The molecule has 216 valence electrons. The predicted octanol–water partition coefficient (Wildman–Crippen LogP) is 6.08. The summed E-state index contributed by atoms with van der Waals surface area (Å²) in [6, 6.07) is 21.1. The number of aliphatic hydroxyl groups is 1. The van der Waals surface area contributed by atoms with E-state index in [0.29, 0.717) is 46.8 Å². The van der Waals surface area contributed by atoms with Gasteiger partial charge >= 0.3 is 0 Å². The largest absolute Gasteiger partial charge is 0.508 e. The van der Waals surface area contributed by atoms with Crippen molar-refractivity contribution in [1.82, 2.24) is 19.9 Å². The number of rotatable bonds is 10. The highest BCUT2D eigenvalue weighted by atomic mass is 19.1. The molecule has 0 saturated carbocycles. The summed E-state index contributed by atoms with van der Waals surface area (Å²) in [6.07, 6.45) is 0.184. The SMILES string of the molecule is C=C(O)c1ccc2nc(Cc3ccc(-c4cccc(OCc5ccc(C#N)cc5F)n4)cc3F)n(CCNC(C)=O)c2c1. The zero-order chi connectivity index (χ0) is 30.5. The molecule has 0 saturated heterocycles. The number of aromatic nitrogens is 3. The van der Waals surface area contributed by atoms with Gasteiger partial charge in [0.1, 0.15) is 29.8 Å². The van der Waals surface area contributed by atoms with Crippen LogP contribution in [-0.4, -0.2) is 32.1 Å². The van der Waals surface area contributed by atoms with Crippen molar-refractivity contribution in [2.24, 2.45) is 0 Å². The molecule has 2 aromatic heterocycles. The zero-order valence-corrected chi connectivity index (χ0v) is 23.3. The first-order chi connectivity index (χ1) is 20.7. The molecule has 0 spiro atoms. The van der Waals surface area contributed by atoms with Crippen LogP contribution in [0.1, 0.15) is 35.0 Å². The van der Waals surface area contributed by atoms with Crippen molar-refractivity contribution in [2.45, 2.75) is 26.5 Å². The summed E-state index contributed by atoms with van der Waals surface area (Å²) in [4.78, 5) is 20.6. The van der Waals surface area contributed by atoms with E-state index in [4.69, 9.17) is 15.0 Å². The standard InChI is InChI=1S/C33H27F2N5O3/c1-20(41)23-10-11-30-31(16-23)40(13-12-37-21(2)42)32(38-30)17-24-8-9-25(15-28(24)35)29-4-3-5-33(39-29)43-19-26-7-6-22(18-36)14-27(26)34/h3-11,14-16,41H,1,12-13,17,19H2,2H3,(H,37,42). The summed E-state index contributed by atoms with van der Waals surface area (Å²) in [7, 11) is 0. The van der Waals surface area contributed by atoms with Crippen molar-refractivity contribution in [3.05, 3.63) is 119 Å². The molecule has 0 unspecified atom stereocenters. The number of ether oxygens (including phenoxy) is 1. The van der Waals surface area contributed by atoms with Crippen LogP contribution in [0.2, 0.25) is 0 Å². The summed E-state index contributed by atoms with van der Waals surface area (Å²) >= 11 is 0. The fourth-order valence-corrected chi connectivity index (χ4v) is 4.64. The average molecular weight is 580 g/mol. The summed E-state index contributed by atoms with van der Waals surface area (Å²) in [5.74, 6) is -0.406. The van der Waals surface area contributed by atoms with Crippen LogP contribution < -0.4 is 10.1 Å². The molecule has 10 heteroatoms. The van der Waals surface area contributed by atoms with Crippen LogP contribution in [0.3, 0.4) is 0 Å². The lowest BCUT2D eigenvalue weighted by Crippen LogP contribution is -2.25. The summed E-state index contributed by atoms with van der Waals surface area (Å²) in [6.45, 7) is 5.68. The number of hydrogen-bond acceptors (Lipinski definition) is 6. The van der Waals surface area contributed by atoms with E-state index in [1.54, 1.807) is 48.5 Å². The predicted molar refractivity (Wildman–Crippen MR) is 158 cm³/mol. The second kappa shape index (κ2) is 12.5. The molecule has 3 aromatic carbocycles. The lowest BCUT2D eigenvalue weighted by Gasteiger charge is -2.12. The number of imidazole rings is 1. The number of nitrogens with one attached hydrogen (secondary N) is 1. The van der Waals surface area contributed by atoms with Crippen molar-refractivity contribution in [3.63, 3.8) is 0 Å². The van der Waals surface area contributed by atoms with E-state index < -0.39 is 11.6 Å².